The zero-order chi connectivity index (χ0) is 16.7. The van der Waals surface area contributed by atoms with Gasteiger partial charge in [0.2, 0.25) is 0 Å². The van der Waals surface area contributed by atoms with E-state index >= 15 is 0 Å². The van der Waals surface area contributed by atoms with E-state index in [2.05, 4.69) is 22.5 Å². The highest BCUT2D eigenvalue weighted by molar-refractivity contribution is 7.17. The van der Waals surface area contributed by atoms with Crippen molar-refractivity contribution in [2.45, 2.75) is 19.1 Å². The number of aromatic nitrogens is 2. The van der Waals surface area contributed by atoms with Gasteiger partial charge in [0, 0.05) is 18.0 Å². The van der Waals surface area contributed by atoms with Crippen LogP contribution in [0.5, 0.6) is 0 Å². The number of rotatable bonds is 3. The molecule has 1 N–H and O–H groups in total. The van der Waals surface area contributed by atoms with Gasteiger partial charge in [-0.15, -0.1) is 11.3 Å². The van der Waals surface area contributed by atoms with E-state index in [4.69, 9.17) is 9.72 Å². The average molecular weight is 341 g/mol. The molecule has 0 aliphatic carbocycles. The standard InChI is InChI=1S/C18H19N3O2S/c1-11-19-17(21(2)14-8-23-9-15(14)22)16-13(10-24-18(16)20-11)12-6-4-3-5-7-12/h3-7,10,14-15,22H,8-9H2,1-2H3/t14-,15-/m1/s1. The highest BCUT2D eigenvalue weighted by Crippen LogP contribution is 2.38. The molecule has 124 valence electrons. The molecular formula is C18H19N3O2S. The largest absolute Gasteiger partial charge is 0.388 e. The van der Waals surface area contributed by atoms with Crippen molar-refractivity contribution in [2.75, 3.05) is 25.2 Å². The van der Waals surface area contributed by atoms with Gasteiger partial charge in [-0.3, -0.25) is 0 Å². The van der Waals surface area contributed by atoms with Crippen LogP contribution < -0.4 is 4.90 Å². The number of hydrogen-bond donors (Lipinski definition) is 1. The Morgan fingerprint density at radius 2 is 2.00 bits per heavy atom. The van der Waals surface area contributed by atoms with Crippen molar-refractivity contribution in [1.82, 2.24) is 9.97 Å². The molecule has 1 aliphatic heterocycles. The van der Waals surface area contributed by atoms with Crippen LogP contribution in [0.15, 0.2) is 35.7 Å². The van der Waals surface area contributed by atoms with Crippen LogP contribution in [0.1, 0.15) is 5.82 Å². The molecular weight excluding hydrogens is 322 g/mol. The van der Waals surface area contributed by atoms with Gasteiger partial charge < -0.3 is 14.7 Å². The monoisotopic (exact) mass is 341 g/mol. The summed E-state index contributed by atoms with van der Waals surface area (Å²) in [7, 11) is 1.97. The third kappa shape index (κ3) is 2.56. The zero-order valence-corrected chi connectivity index (χ0v) is 14.5. The minimum absolute atomic E-state index is 0.0916. The Morgan fingerprint density at radius 3 is 2.71 bits per heavy atom. The maximum Gasteiger partial charge on any atom is 0.141 e. The molecule has 0 saturated carbocycles. The van der Waals surface area contributed by atoms with Crippen molar-refractivity contribution in [3.63, 3.8) is 0 Å². The van der Waals surface area contributed by atoms with Gasteiger partial charge in [0.05, 0.1) is 30.7 Å². The first-order valence-corrected chi connectivity index (χ1v) is 8.83. The van der Waals surface area contributed by atoms with E-state index < -0.39 is 6.10 Å². The number of nitrogens with zero attached hydrogens (tertiary/aromatic N) is 3. The summed E-state index contributed by atoms with van der Waals surface area (Å²) in [6.45, 7) is 2.78. The van der Waals surface area contributed by atoms with Gasteiger partial charge in [0.1, 0.15) is 16.5 Å². The SMILES string of the molecule is Cc1nc(N(C)[C@@H]2COC[C@H]2O)c2c(-c3ccccc3)csc2n1. The number of anilines is 1. The number of ether oxygens (including phenoxy) is 1. The summed E-state index contributed by atoms with van der Waals surface area (Å²) in [6.07, 6.45) is -0.501. The molecule has 0 spiro atoms. The van der Waals surface area contributed by atoms with Gasteiger partial charge >= 0.3 is 0 Å². The Hall–Kier alpha value is -2.02. The summed E-state index contributed by atoms with van der Waals surface area (Å²) in [6, 6.07) is 10.2. The molecule has 1 saturated heterocycles. The van der Waals surface area contributed by atoms with Crippen LogP contribution in [-0.4, -0.2) is 47.5 Å². The normalized spacial score (nSPS) is 20.6. The number of aliphatic hydroxyl groups excluding tert-OH is 1. The molecule has 2 atom stereocenters. The lowest BCUT2D eigenvalue weighted by atomic mass is 10.1. The molecule has 3 aromatic rings. The molecule has 1 fully saturated rings. The second kappa shape index (κ2) is 6.12. The third-order valence-corrected chi connectivity index (χ3v) is 5.34. The number of hydrogen-bond acceptors (Lipinski definition) is 6. The van der Waals surface area contributed by atoms with Gasteiger partial charge in [-0.25, -0.2) is 9.97 Å². The Kier molecular flexibility index (Phi) is 3.96. The smallest absolute Gasteiger partial charge is 0.141 e. The van der Waals surface area contributed by atoms with Gasteiger partial charge in [-0.2, -0.15) is 0 Å². The minimum atomic E-state index is -0.501. The Bertz CT molecular complexity index is 865. The summed E-state index contributed by atoms with van der Waals surface area (Å²) in [5, 5.41) is 13.4. The van der Waals surface area contributed by atoms with Crippen molar-refractivity contribution in [2.24, 2.45) is 0 Å². The van der Waals surface area contributed by atoms with E-state index in [-0.39, 0.29) is 6.04 Å². The number of benzene rings is 1. The van der Waals surface area contributed by atoms with Crippen LogP contribution in [0.3, 0.4) is 0 Å². The maximum atomic E-state index is 10.2. The fraction of sp³-hybridized carbons (Fsp3) is 0.333. The maximum absolute atomic E-state index is 10.2. The lowest BCUT2D eigenvalue weighted by Gasteiger charge is -2.27. The number of fused-ring (bicyclic) bond motifs is 1. The van der Waals surface area contributed by atoms with E-state index in [1.165, 1.54) is 0 Å². The van der Waals surface area contributed by atoms with Gasteiger partial charge in [0.25, 0.3) is 0 Å². The molecule has 6 heteroatoms. The fourth-order valence-corrected chi connectivity index (χ4v) is 4.16. The minimum Gasteiger partial charge on any atom is -0.388 e. The second-order valence-electron chi connectivity index (χ2n) is 6.07. The Labute approximate surface area is 144 Å². The van der Waals surface area contributed by atoms with E-state index in [0.717, 1.165) is 33.0 Å². The molecule has 0 radical (unpaired) electrons. The van der Waals surface area contributed by atoms with Gasteiger partial charge in [-0.1, -0.05) is 30.3 Å². The number of thiophene rings is 1. The molecule has 24 heavy (non-hydrogen) atoms. The van der Waals surface area contributed by atoms with E-state index in [1.807, 2.05) is 37.1 Å². The summed E-state index contributed by atoms with van der Waals surface area (Å²) in [4.78, 5) is 12.3. The number of aliphatic hydroxyl groups is 1. The molecule has 5 nitrogen and oxygen atoms in total. The van der Waals surface area contributed by atoms with E-state index in [9.17, 15) is 5.11 Å². The Morgan fingerprint density at radius 1 is 1.21 bits per heavy atom. The summed E-state index contributed by atoms with van der Waals surface area (Å²) in [5.74, 6) is 1.59. The highest BCUT2D eigenvalue weighted by Gasteiger charge is 2.32. The molecule has 0 bridgehead atoms. The molecule has 2 aromatic heterocycles. The van der Waals surface area contributed by atoms with Crippen molar-refractivity contribution in [3.8, 4) is 11.1 Å². The van der Waals surface area contributed by atoms with Crippen LogP contribution in [0.2, 0.25) is 0 Å². The lowest BCUT2D eigenvalue weighted by Crippen LogP contribution is -2.41. The molecule has 4 rings (SSSR count). The molecule has 1 aromatic carbocycles. The topological polar surface area (TPSA) is 58.5 Å². The first-order valence-electron chi connectivity index (χ1n) is 7.95. The fourth-order valence-electron chi connectivity index (χ4n) is 3.17. The first kappa shape index (κ1) is 15.5. The highest BCUT2D eigenvalue weighted by atomic mass is 32.1. The van der Waals surface area contributed by atoms with Crippen LogP contribution in [0.4, 0.5) is 5.82 Å². The van der Waals surface area contributed by atoms with E-state index in [0.29, 0.717) is 13.2 Å². The summed E-state index contributed by atoms with van der Waals surface area (Å²) < 4.78 is 5.42. The lowest BCUT2D eigenvalue weighted by molar-refractivity contribution is 0.124. The number of likely N-dealkylation sites (N-methyl/N-ethyl adjacent to an activating group) is 1. The van der Waals surface area contributed by atoms with Crippen LogP contribution in [0, 0.1) is 6.92 Å². The van der Waals surface area contributed by atoms with Gasteiger partial charge in [-0.05, 0) is 12.5 Å². The van der Waals surface area contributed by atoms with Crippen molar-refractivity contribution in [1.29, 1.82) is 0 Å². The molecule has 0 unspecified atom stereocenters. The van der Waals surface area contributed by atoms with Crippen LogP contribution in [0.25, 0.3) is 21.3 Å². The quantitative estimate of drug-likeness (QED) is 0.794. The van der Waals surface area contributed by atoms with Gasteiger partial charge in [0.15, 0.2) is 0 Å². The third-order valence-electron chi connectivity index (χ3n) is 4.46. The Balaban J connectivity index is 1.89. The van der Waals surface area contributed by atoms with Crippen molar-refractivity contribution in [3.05, 3.63) is 41.5 Å². The summed E-state index contributed by atoms with van der Waals surface area (Å²) >= 11 is 1.63. The number of aryl methyl sites for hydroxylation is 1. The average Bonchev–Trinajstić information content (AvgIpc) is 3.20. The molecule has 0 amide bonds. The first-order chi connectivity index (χ1) is 11.6. The van der Waals surface area contributed by atoms with Crippen molar-refractivity contribution >= 4 is 27.4 Å². The summed E-state index contributed by atoms with van der Waals surface area (Å²) in [5.41, 5.74) is 2.28. The van der Waals surface area contributed by atoms with Crippen LogP contribution in [-0.2, 0) is 4.74 Å². The predicted molar refractivity (Wildman–Crippen MR) is 96.6 cm³/mol. The zero-order valence-electron chi connectivity index (χ0n) is 13.6. The molecule has 3 heterocycles. The second-order valence-corrected chi connectivity index (χ2v) is 6.93. The van der Waals surface area contributed by atoms with Crippen molar-refractivity contribution < 1.29 is 9.84 Å². The van der Waals surface area contributed by atoms with E-state index in [1.54, 1.807) is 11.3 Å². The predicted octanol–water partition coefficient (Wildman–Crippen LogP) is 2.86. The van der Waals surface area contributed by atoms with Crippen LogP contribution >= 0.6 is 11.3 Å². The molecule has 1 aliphatic rings.